The van der Waals surface area contributed by atoms with Crippen molar-refractivity contribution in [1.29, 1.82) is 0 Å². The van der Waals surface area contributed by atoms with E-state index in [0.29, 0.717) is 26.1 Å². The molecule has 2 amide bonds. The minimum atomic E-state index is -0.745. The predicted molar refractivity (Wildman–Crippen MR) is 90.5 cm³/mol. The maximum atomic E-state index is 12.3. The Kier molecular flexibility index (Phi) is 5.64. The van der Waals surface area contributed by atoms with Crippen molar-refractivity contribution in [2.24, 2.45) is 0 Å². The lowest BCUT2D eigenvalue weighted by molar-refractivity contribution is -0.137. The highest BCUT2D eigenvalue weighted by Gasteiger charge is 2.43. The highest BCUT2D eigenvalue weighted by atomic mass is 16.3. The first-order valence-corrected chi connectivity index (χ1v) is 8.47. The fourth-order valence-corrected chi connectivity index (χ4v) is 3.50. The highest BCUT2D eigenvalue weighted by molar-refractivity contribution is 5.80. The molecule has 2 heterocycles. The number of aliphatic hydroxyl groups excluding tert-OH is 1. The SMILES string of the molecule is CC(=O)N1CCCC1(CO)CC(=O)NCCn1nc(C)c(C)c1C. The lowest BCUT2D eigenvalue weighted by Gasteiger charge is -2.36. The zero-order chi connectivity index (χ0) is 17.9. The molecule has 0 saturated carbocycles. The van der Waals surface area contributed by atoms with Gasteiger partial charge in [-0.25, -0.2) is 0 Å². The molecule has 1 aromatic heterocycles. The molecular formula is C17H28N4O3. The first kappa shape index (κ1) is 18.4. The van der Waals surface area contributed by atoms with Gasteiger partial charge in [-0.15, -0.1) is 0 Å². The Labute approximate surface area is 143 Å². The summed E-state index contributed by atoms with van der Waals surface area (Å²) in [5.41, 5.74) is 2.53. The van der Waals surface area contributed by atoms with Gasteiger partial charge in [-0.05, 0) is 39.2 Å². The molecule has 24 heavy (non-hydrogen) atoms. The second-order valence-electron chi connectivity index (χ2n) is 6.70. The van der Waals surface area contributed by atoms with Crippen LogP contribution >= 0.6 is 0 Å². The number of aromatic nitrogens is 2. The maximum Gasteiger partial charge on any atom is 0.222 e. The molecule has 1 aliphatic rings. The quantitative estimate of drug-likeness (QED) is 0.800. The number of hydrogen-bond donors (Lipinski definition) is 2. The van der Waals surface area contributed by atoms with Crippen molar-refractivity contribution in [3.8, 4) is 0 Å². The van der Waals surface area contributed by atoms with Crippen molar-refractivity contribution in [2.75, 3.05) is 19.7 Å². The number of rotatable bonds is 6. The molecule has 1 unspecified atom stereocenters. The van der Waals surface area contributed by atoms with E-state index in [9.17, 15) is 14.7 Å². The van der Waals surface area contributed by atoms with Crippen molar-refractivity contribution < 1.29 is 14.7 Å². The van der Waals surface area contributed by atoms with Crippen LogP contribution in [0.5, 0.6) is 0 Å². The molecule has 2 N–H and O–H groups in total. The third kappa shape index (κ3) is 3.61. The number of carbonyl (C=O) groups is 2. The van der Waals surface area contributed by atoms with Crippen LogP contribution in [0.3, 0.4) is 0 Å². The van der Waals surface area contributed by atoms with E-state index in [-0.39, 0.29) is 24.8 Å². The standard InChI is InChI=1S/C17H28N4O3/c1-12-13(2)19-21(14(12)3)9-7-18-16(24)10-17(11-22)6-5-8-20(17)15(4)23/h22H,5-11H2,1-4H3,(H,18,24). The average molecular weight is 336 g/mol. The second kappa shape index (κ2) is 7.34. The molecule has 0 bridgehead atoms. The van der Waals surface area contributed by atoms with Gasteiger partial charge in [0.25, 0.3) is 0 Å². The van der Waals surface area contributed by atoms with Crippen molar-refractivity contribution in [2.45, 2.75) is 59.0 Å². The molecule has 1 aromatic rings. The summed E-state index contributed by atoms with van der Waals surface area (Å²) in [6.45, 7) is 9.01. The van der Waals surface area contributed by atoms with Crippen LogP contribution in [0.1, 0.15) is 43.1 Å². The fourth-order valence-electron chi connectivity index (χ4n) is 3.50. The molecule has 1 fully saturated rings. The van der Waals surface area contributed by atoms with Gasteiger partial charge in [0.2, 0.25) is 11.8 Å². The maximum absolute atomic E-state index is 12.3. The molecule has 134 valence electrons. The van der Waals surface area contributed by atoms with Gasteiger partial charge in [0.05, 0.1) is 30.8 Å². The number of nitrogens with one attached hydrogen (secondary N) is 1. The summed E-state index contributed by atoms with van der Waals surface area (Å²) < 4.78 is 1.89. The molecule has 7 heteroatoms. The van der Waals surface area contributed by atoms with Crippen molar-refractivity contribution >= 4 is 11.8 Å². The van der Waals surface area contributed by atoms with Gasteiger partial charge in [-0.3, -0.25) is 14.3 Å². The van der Waals surface area contributed by atoms with E-state index in [2.05, 4.69) is 10.4 Å². The lowest BCUT2D eigenvalue weighted by Crippen LogP contribution is -2.52. The zero-order valence-corrected chi connectivity index (χ0v) is 15.1. The zero-order valence-electron chi connectivity index (χ0n) is 15.1. The summed E-state index contributed by atoms with van der Waals surface area (Å²) in [4.78, 5) is 25.7. The van der Waals surface area contributed by atoms with Crippen molar-refractivity contribution in [3.05, 3.63) is 17.0 Å². The second-order valence-corrected chi connectivity index (χ2v) is 6.70. The molecule has 0 aliphatic carbocycles. The number of nitrogens with zero attached hydrogens (tertiary/aromatic N) is 3. The first-order valence-electron chi connectivity index (χ1n) is 8.47. The Balaban J connectivity index is 1.90. The normalized spacial score (nSPS) is 20.5. The van der Waals surface area contributed by atoms with Crippen molar-refractivity contribution in [3.63, 3.8) is 0 Å². The van der Waals surface area contributed by atoms with E-state index in [1.54, 1.807) is 4.90 Å². The fraction of sp³-hybridized carbons (Fsp3) is 0.706. The van der Waals surface area contributed by atoms with E-state index in [4.69, 9.17) is 0 Å². The number of amides is 2. The summed E-state index contributed by atoms with van der Waals surface area (Å²) in [6, 6.07) is 0. The molecule has 1 saturated heterocycles. The van der Waals surface area contributed by atoms with E-state index < -0.39 is 5.54 Å². The number of aryl methyl sites for hydroxylation is 1. The summed E-state index contributed by atoms with van der Waals surface area (Å²) in [7, 11) is 0. The van der Waals surface area contributed by atoms with Crippen LogP contribution < -0.4 is 5.32 Å². The Hall–Kier alpha value is -1.89. The minimum absolute atomic E-state index is 0.0903. The van der Waals surface area contributed by atoms with Crippen LogP contribution in [-0.2, 0) is 16.1 Å². The van der Waals surface area contributed by atoms with Gasteiger partial charge < -0.3 is 15.3 Å². The van der Waals surface area contributed by atoms with E-state index in [1.165, 1.54) is 12.5 Å². The molecule has 1 aliphatic heterocycles. The number of aliphatic hydroxyl groups is 1. The van der Waals surface area contributed by atoms with Crippen LogP contribution in [0.15, 0.2) is 0 Å². The molecular weight excluding hydrogens is 308 g/mol. The largest absolute Gasteiger partial charge is 0.394 e. The molecule has 2 rings (SSSR count). The summed E-state index contributed by atoms with van der Waals surface area (Å²) >= 11 is 0. The number of hydrogen-bond acceptors (Lipinski definition) is 4. The van der Waals surface area contributed by atoms with Crippen LogP contribution in [0.25, 0.3) is 0 Å². The summed E-state index contributed by atoms with van der Waals surface area (Å²) in [5.74, 6) is -0.233. The van der Waals surface area contributed by atoms with Crippen LogP contribution in [0.2, 0.25) is 0 Å². The lowest BCUT2D eigenvalue weighted by atomic mass is 9.92. The van der Waals surface area contributed by atoms with Crippen LogP contribution in [-0.4, -0.2) is 56.8 Å². The molecule has 0 aromatic carbocycles. The van der Waals surface area contributed by atoms with Crippen molar-refractivity contribution in [1.82, 2.24) is 20.0 Å². The Morgan fingerprint density at radius 2 is 2.04 bits per heavy atom. The third-order valence-electron chi connectivity index (χ3n) is 5.15. The number of carbonyl (C=O) groups excluding carboxylic acids is 2. The Morgan fingerprint density at radius 1 is 1.33 bits per heavy atom. The van der Waals surface area contributed by atoms with Crippen LogP contribution in [0.4, 0.5) is 0 Å². The van der Waals surface area contributed by atoms with Gasteiger partial charge in [0.15, 0.2) is 0 Å². The van der Waals surface area contributed by atoms with Gasteiger partial charge in [-0.2, -0.15) is 5.10 Å². The summed E-state index contributed by atoms with van der Waals surface area (Å²) in [5, 5.41) is 17.1. The molecule has 7 nitrogen and oxygen atoms in total. The Morgan fingerprint density at radius 3 is 2.58 bits per heavy atom. The molecule has 1 atom stereocenters. The topological polar surface area (TPSA) is 87.5 Å². The Bertz CT molecular complexity index is 626. The van der Waals surface area contributed by atoms with Gasteiger partial charge >= 0.3 is 0 Å². The monoisotopic (exact) mass is 336 g/mol. The highest BCUT2D eigenvalue weighted by Crippen LogP contribution is 2.32. The van der Waals surface area contributed by atoms with E-state index >= 15 is 0 Å². The van der Waals surface area contributed by atoms with Crippen LogP contribution in [0, 0.1) is 20.8 Å². The molecule has 0 radical (unpaired) electrons. The predicted octanol–water partition coefficient (Wildman–Crippen LogP) is 0.688. The number of likely N-dealkylation sites (tertiary alicyclic amines) is 1. The average Bonchev–Trinajstić information content (AvgIpc) is 3.05. The molecule has 0 spiro atoms. The van der Waals surface area contributed by atoms with Gasteiger partial charge in [0.1, 0.15) is 0 Å². The van der Waals surface area contributed by atoms with E-state index in [0.717, 1.165) is 17.8 Å². The third-order valence-corrected chi connectivity index (χ3v) is 5.15. The summed E-state index contributed by atoms with van der Waals surface area (Å²) in [6.07, 6.45) is 1.62. The van der Waals surface area contributed by atoms with E-state index in [1.807, 2.05) is 25.5 Å². The smallest absolute Gasteiger partial charge is 0.222 e. The minimum Gasteiger partial charge on any atom is -0.394 e. The van der Waals surface area contributed by atoms with Gasteiger partial charge in [0, 0.05) is 25.7 Å². The first-order chi connectivity index (χ1) is 11.3. The van der Waals surface area contributed by atoms with Gasteiger partial charge in [-0.1, -0.05) is 0 Å².